The molecule has 170 valence electrons. The molecule has 1 aliphatic heterocycles. The lowest BCUT2D eigenvalue weighted by atomic mass is 10.1. The van der Waals surface area contributed by atoms with E-state index in [4.69, 9.17) is 4.99 Å². The van der Waals surface area contributed by atoms with Crippen molar-refractivity contribution in [1.29, 1.82) is 0 Å². The summed E-state index contributed by atoms with van der Waals surface area (Å²) in [6.07, 6.45) is 1.21. The molecule has 2 amide bonds. The highest BCUT2D eigenvalue weighted by Gasteiger charge is 2.27. The van der Waals surface area contributed by atoms with Gasteiger partial charge in [0.2, 0.25) is 11.8 Å². The van der Waals surface area contributed by atoms with Crippen molar-refractivity contribution in [2.24, 2.45) is 4.99 Å². The lowest BCUT2D eigenvalue weighted by Gasteiger charge is -2.23. The summed E-state index contributed by atoms with van der Waals surface area (Å²) in [5.41, 5.74) is 4.42. The van der Waals surface area contributed by atoms with Gasteiger partial charge in [0, 0.05) is 16.8 Å². The van der Waals surface area contributed by atoms with Gasteiger partial charge in [0.25, 0.3) is 0 Å². The van der Waals surface area contributed by atoms with Crippen LogP contribution in [0.15, 0.2) is 63.8 Å². The first-order valence-electron chi connectivity index (χ1n) is 10.2. The van der Waals surface area contributed by atoms with Crippen molar-refractivity contribution in [1.82, 2.24) is 0 Å². The highest BCUT2D eigenvalue weighted by Crippen LogP contribution is 2.36. The number of benzene rings is 2. The van der Waals surface area contributed by atoms with Gasteiger partial charge in [0.15, 0.2) is 9.84 Å². The van der Waals surface area contributed by atoms with E-state index >= 15 is 0 Å². The molecule has 2 aromatic carbocycles. The number of thiophene rings is 1. The Balaban J connectivity index is 1.61. The topological polar surface area (TPSA) is 95.9 Å². The van der Waals surface area contributed by atoms with Crippen LogP contribution in [0.2, 0.25) is 0 Å². The smallest absolute Gasteiger partial charge is 0.244 e. The van der Waals surface area contributed by atoms with E-state index in [1.165, 1.54) is 40.5 Å². The quantitative estimate of drug-likeness (QED) is 0.589. The van der Waals surface area contributed by atoms with Crippen LogP contribution in [0.3, 0.4) is 0 Å². The van der Waals surface area contributed by atoms with E-state index in [0.29, 0.717) is 22.8 Å². The van der Waals surface area contributed by atoms with Crippen LogP contribution in [-0.4, -0.2) is 38.7 Å². The first-order valence-corrected chi connectivity index (χ1v) is 13.0. The Kier molecular flexibility index (Phi) is 6.18. The number of aryl methyl sites for hydroxylation is 2. The molecule has 0 saturated heterocycles. The van der Waals surface area contributed by atoms with E-state index in [-0.39, 0.29) is 29.7 Å². The minimum Gasteiger partial charge on any atom is -0.325 e. The van der Waals surface area contributed by atoms with Crippen molar-refractivity contribution in [3.05, 3.63) is 69.9 Å². The Morgan fingerprint density at radius 3 is 2.45 bits per heavy atom. The summed E-state index contributed by atoms with van der Waals surface area (Å²) in [5, 5.41) is 4.68. The zero-order chi connectivity index (χ0) is 23.8. The predicted molar refractivity (Wildman–Crippen MR) is 132 cm³/mol. The first kappa shape index (κ1) is 22.9. The number of fused-ring (bicyclic) bond motifs is 1. The molecule has 0 bridgehead atoms. The summed E-state index contributed by atoms with van der Waals surface area (Å²) in [7, 11) is -3.32. The Morgan fingerprint density at radius 2 is 1.82 bits per heavy atom. The molecule has 33 heavy (non-hydrogen) atoms. The van der Waals surface area contributed by atoms with Crippen molar-refractivity contribution >= 4 is 55.8 Å². The monoisotopic (exact) mass is 481 g/mol. The highest BCUT2D eigenvalue weighted by molar-refractivity contribution is 7.90. The van der Waals surface area contributed by atoms with Crippen LogP contribution in [0.4, 0.5) is 17.1 Å². The first-order chi connectivity index (χ1) is 15.6. The zero-order valence-corrected chi connectivity index (χ0v) is 20.1. The number of carbonyl (C=O) groups excluding carboxylic acids is 2. The number of hydrogen-bond acceptors (Lipinski definition) is 6. The third-order valence-electron chi connectivity index (χ3n) is 5.43. The maximum Gasteiger partial charge on any atom is 0.244 e. The second kappa shape index (κ2) is 8.92. The third kappa shape index (κ3) is 5.04. The number of sulfone groups is 1. The number of nitrogens with one attached hydrogen (secondary N) is 1. The van der Waals surface area contributed by atoms with Crippen molar-refractivity contribution in [2.75, 3.05) is 23.0 Å². The Hall–Kier alpha value is -3.30. The third-order valence-corrected chi connectivity index (χ3v) is 7.48. The van der Waals surface area contributed by atoms with Crippen LogP contribution in [-0.2, 0) is 19.4 Å². The van der Waals surface area contributed by atoms with Crippen molar-refractivity contribution in [3.8, 4) is 0 Å². The van der Waals surface area contributed by atoms with Gasteiger partial charge in [-0.05, 0) is 72.8 Å². The fraction of sp³-hybridized carbons (Fsp3) is 0.208. The van der Waals surface area contributed by atoms with Crippen LogP contribution in [0.25, 0.3) is 0 Å². The Morgan fingerprint density at radius 1 is 1.12 bits per heavy atom. The number of carbonyl (C=O) groups is 2. The molecule has 1 aromatic heterocycles. The van der Waals surface area contributed by atoms with Gasteiger partial charge >= 0.3 is 0 Å². The molecule has 2 heterocycles. The molecule has 0 spiro atoms. The number of hydrogen-bond donors (Lipinski definition) is 1. The molecular formula is C24H23N3O4S2. The maximum absolute atomic E-state index is 13.2. The Bertz CT molecular complexity index is 1360. The largest absolute Gasteiger partial charge is 0.325 e. The molecule has 4 rings (SSSR count). The minimum absolute atomic E-state index is 0.0869. The average Bonchev–Trinajstić information content (AvgIpc) is 3.25. The number of aliphatic imine (C=N–C) groups is 1. The van der Waals surface area contributed by atoms with Gasteiger partial charge in [-0.25, -0.2) is 13.4 Å². The van der Waals surface area contributed by atoms with Crippen LogP contribution in [0, 0.1) is 13.8 Å². The zero-order valence-electron chi connectivity index (χ0n) is 18.5. The van der Waals surface area contributed by atoms with Gasteiger partial charge in [-0.3, -0.25) is 9.59 Å². The molecule has 1 aliphatic rings. The Labute approximate surface area is 196 Å². The van der Waals surface area contributed by atoms with Crippen LogP contribution >= 0.6 is 11.3 Å². The summed E-state index contributed by atoms with van der Waals surface area (Å²) < 4.78 is 23.3. The molecule has 3 aromatic rings. The van der Waals surface area contributed by atoms with Gasteiger partial charge < -0.3 is 10.2 Å². The molecule has 0 atom stereocenters. The van der Waals surface area contributed by atoms with E-state index in [1.54, 1.807) is 0 Å². The van der Waals surface area contributed by atoms with Crippen molar-refractivity contribution in [2.45, 2.75) is 25.2 Å². The lowest BCUT2D eigenvalue weighted by Crippen LogP contribution is -2.38. The fourth-order valence-electron chi connectivity index (χ4n) is 3.54. The van der Waals surface area contributed by atoms with E-state index in [9.17, 15) is 18.0 Å². The maximum atomic E-state index is 13.2. The summed E-state index contributed by atoms with van der Waals surface area (Å²) in [6, 6.07) is 13.6. The molecule has 9 heteroatoms. The minimum atomic E-state index is -3.32. The van der Waals surface area contributed by atoms with Gasteiger partial charge in [-0.1, -0.05) is 6.07 Å². The van der Waals surface area contributed by atoms with Crippen molar-refractivity contribution in [3.63, 3.8) is 0 Å². The van der Waals surface area contributed by atoms with E-state index in [0.717, 1.165) is 22.3 Å². The highest BCUT2D eigenvalue weighted by atomic mass is 32.2. The van der Waals surface area contributed by atoms with E-state index in [2.05, 4.69) is 5.32 Å². The van der Waals surface area contributed by atoms with Crippen LogP contribution < -0.4 is 10.2 Å². The summed E-state index contributed by atoms with van der Waals surface area (Å²) in [6.45, 7) is 3.76. The number of rotatable bonds is 5. The predicted octanol–water partition coefficient (Wildman–Crippen LogP) is 4.26. The summed E-state index contributed by atoms with van der Waals surface area (Å²) >= 11 is 1.52. The van der Waals surface area contributed by atoms with Crippen LogP contribution in [0.1, 0.15) is 22.4 Å². The second-order valence-corrected chi connectivity index (χ2v) is 10.9. The van der Waals surface area contributed by atoms with Gasteiger partial charge in [-0.2, -0.15) is 0 Å². The molecule has 1 N–H and O–H groups in total. The molecule has 7 nitrogen and oxygen atoms in total. The van der Waals surface area contributed by atoms with E-state index in [1.807, 2.05) is 43.5 Å². The summed E-state index contributed by atoms with van der Waals surface area (Å²) in [5.74, 6) is -0.606. The van der Waals surface area contributed by atoms with Crippen molar-refractivity contribution < 1.29 is 18.0 Å². The average molecular weight is 482 g/mol. The van der Waals surface area contributed by atoms with Gasteiger partial charge in [-0.15, -0.1) is 11.3 Å². The standard InChI is InChI=1S/C24H23N3O4S2/c1-15-11-19-21(12-16(15)2)27(24(29)13-20(26-19)22-5-4-10-32-22)14-23(28)25-17-6-8-18(9-7-17)33(3,30)31/h4-12H,13-14H2,1-3H3,(H,25,28). The molecule has 0 aliphatic carbocycles. The molecule has 0 radical (unpaired) electrons. The lowest BCUT2D eigenvalue weighted by molar-refractivity contribution is -0.120. The fourth-order valence-corrected chi connectivity index (χ4v) is 4.88. The molecule has 0 unspecified atom stereocenters. The normalized spacial score (nSPS) is 13.8. The van der Waals surface area contributed by atoms with Gasteiger partial charge in [0.1, 0.15) is 6.54 Å². The summed E-state index contributed by atoms with van der Waals surface area (Å²) in [4.78, 5) is 33.4. The number of amides is 2. The molecule has 0 saturated carbocycles. The number of nitrogens with zero attached hydrogens (tertiary/aromatic N) is 2. The van der Waals surface area contributed by atoms with Crippen LogP contribution in [0.5, 0.6) is 0 Å². The SMILES string of the molecule is Cc1cc2c(cc1C)N(CC(=O)Nc1ccc(S(C)(=O)=O)cc1)C(=O)CC(c1cccs1)=N2. The van der Waals surface area contributed by atoms with E-state index < -0.39 is 9.84 Å². The second-order valence-electron chi connectivity index (χ2n) is 7.96. The molecule has 0 fully saturated rings. The number of anilines is 2. The van der Waals surface area contributed by atoms with Gasteiger partial charge in [0.05, 0.1) is 28.4 Å². The molecular weight excluding hydrogens is 458 g/mol.